The van der Waals surface area contributed by atoms with Crippen LogP contribution in [0, 0.1) is 18.3 Å². The number of carbonyl (C=O) groups is 3. The van der Waals surface area contributed by atoms with Crippen LogP contribution in [-0.2, 0) is 14.3 Å². The Hall–Kier alpha value is -3.93. The van der Waals surface area contributed by atoms with E-state index in [0.717, 1.165) is 5.56 Å². The van der Waals surface area contributed by atoms with E-state index in [9.17, 15) is 19.6 Å². The third kappa shape index (κ3) is 4.86. The number of hydrogen-bond donors (Lipinski definition) is 2. The molecule has 9 heteroatoms. The minimum Gasteiger partial charge on any atom is -0.460 e. The first-order chi connectivity index (χ1) is 15.8. The normalized spacial score (nSPS) is 16.1. The number of pyridine rings is 1. The van der Waals surface area contributed by atoms with Crippen LogP contribution in [0.3, 0.4) is 0 Å². The van der Waals surface area contributed by atoms with E-state index in [1.807, 2.05) is 19.1 Å². The van der Waals surface area contributed by atoms with Gasteiger partial charge in [0.25, 0.3) is 5.91 Å². The molecule has 0 fully saturated rings. The van der Waals surface area contributed by atoms with E-state index in [2.05, 4.69) is 4.98 Å². The van der Waals surface area contributed by atoms with Crippen LogP contribution in [0.4, 0.5) is 5.82 Å². The number of nitrogen functional groups attached to an aromatic ring is 1. The van der Waals surface area contributed by atoms with Crippen molar-refractivity contribution in [1.29, 1.82) is 5.26 Å². The van der Waals surface area contributed by atoms with Crippen molar-refractivity contribution in [2.45, 2.75) is 65.1 Å². The Balaban J connectivity index is 1.89. The lowest BCUT2D eigenvalue weighted by molar-refractivity contribution is -0.155. The van der Waals surface area contributed by atoms with Crippen molar-refractivity contribution in [2.75, 3.05) is 5.73 Å². The minimum atomic E-state index is -0.961. The van der Waals surface area contributed by atoms with Gasteiger partial charge in [0, 0.05) is 17.5 Å². The van der Waals surface area contributed by atoms with E-state index in [1.165, 1.54) is 4.90 Å². The smallest absolute Gasteiger partial charge is 0.306 e. The molecular formula is C25H29N5O4. The molecule has 0 spiro atoms. The number of primary amides is 1. The lowest BCUT2D eigenvalue weighted by Gasteiger charge is -2.30. The second-order valence-corrected chi connectivity index (χ2v) is 9.43. The number of hydrogen-bond acceptors (Lipinski definition) is 7. The van der Waals surface area contributed by atoms with Crippen LogP contribution in [0.2, 0.25) is 0 Å². The van der Waals surface area contributed by atoms with Crippen molar-refractivity contribution in [3.8, 4) is 17.3 Å². The van der Waals surface area contributed by atoms with Crippen LogP contribution in [-0.4, -0.2) is 39.3 Å². The van der Waals surface area contributed by atoms with Crippen LogP contribution >= 0.6 is 0 Å². The molecule has 0 bridgehead atoms. The Bertz CT molecular complexity index is 1190. The molecule has 9 nitrogen and oxygen atoms in total. The average molecular weight is 464 g/mol. The van der Waals surface area contributed by atoms with Gasteiger partial charge < -0.3 is 21.1 Å². The maximum Gasteiger partial charge on any atom is 0.306 e. The van der Waals surface area contributed by atoms with Gasteiger partial charge in [-0.3, -0.25) is 14.4 Å². The third-order valence-electron chi connectivity index (χ3n) is 5.74. The number of ether oxygens (including phenoxy) is 1. The highest BCUT2D eigenvalue weighted by atomic mass is 16.6. The summed E-state index contributed by atoms with van der Waals surface area (Å²) in [7, 11) is 0. The number of amides is 2. The molecule has 0 saturated carbocycles. The Morgan fingerprint density at radius 2 is 1.97 bits per heavy atom. The molecule has 0 saturated heterocycles. The quantitative estimate of drug-likeness (QED) is 0.624. The molecule has 3 rings (SSSR count). The van der Waals surface area contributed by atoms with Gasteiger partial charge in [-0.05, 0) is 70.4 Å². The summed E-state index contributed by atoms with van der Waals surface area (Å²) >= 11 is 0. The molecular weight excluding hydrogens is 434 g/mol. The van der Waals surface area contributed by atoms with Crippen molar-refractivity contribution in [2.24, 2.45) is 5.73 Å². The largest absolute Gasteiger partial charge is 0.460 e. The summed E-state index contributed by atoms with van der Waals surface area (Å²) in [6.45, 7) is 8.87. The summed E-state index contributed by atoms with van der Waals surface area (Å²) in [5, 5.41) is 9.23. The first-order valence-corrected chi connectivity index (χ1v) is 11.0. The van der Waals surface area contributed by atoms with Gasteiger partial charge in [-0.25, -0.2) is 4.98 Å². The Kier molecular flexibility index (Phi) is 6.64. The Morgan fingerprint density at radius 1 is 1.29 bits per heavy atom. The van der Waals surface area contributed by atoms with Crippen LogP contribution in [0.15, 0.2) is 24.3 Å². The number of benzene rings is 1. The number of esters is 1. The van der Waals surface area contributed by atoms with E-state index in [0.29, 0.717) is 27.9 Å². The summed E-state index contributed by atoms with van der Waals surface area (Å²) in [6, 6.07) is 7.66. The molecule has 2 aromatic rings. The number of nitriles is 1. The zero-order valence-electron chi connectivity index (χ0n) is 20.0. The number of nitrogens with two attached hydrogens (primary N) is 2. The second-order valence-electron chi connectivity index (χ2n) is 9.43. The predicted octanol–water partition coefficient (Wildman–Crippen LogP) is 3.00. The van der Waals surface area contributed by atoms with Gasteiger partial charge >= 0.3 is 5.97 Å². The monoisotopic (exact) mass is 463 g/mol. The molecule has 0 radical (unpaired) electrons. The van der Waals surface area contributed by atoms with Crippen molar-refractivity contribution in [3.05, 3.63) is 46.5 Å². The molecule has 1 aromatic heterocycles. The highest BCUT2D eigenvalue weighted by Crippen LogP contribution is 2.38. The number of fused-ring (bicyclic) bond motifs is 1. The zero-order valence-corrected chi connectivity index (χ0v) is 20.0. The van der Waals surface area contributed by atoms with Gasteiger partial charge in [-0.2, -0.15) is 5.26 Å². The molecule has 1 aliphatic rings. The standard InChI is InChI=1S/C25H29N5O4/c1-13-10-19(29-22(27)18(13)12-26)15-6-7-16-17(11-15)14(2)30(24(16)33)20(23(28)32)8-9-21(31)34-25(3,4)5/h6-7,10-11,14,20H,8-9H2,1-5H3,(H2,27,29)(H2,28,32). The number of carbonyl (C=O) groups excluding carboxylic acids is 3. The Morgan fingerprint density at radius 3 is 2.53 bits per heavy atom. The molecule has 34 heavy (non-hydrogen) atoms. The van der Waals surface area contributed by atoms with E-state index in [-0.39, 0.29) is 24.6 Å². The SMILES string of the molecule is Cc1cc(-c2ccc3c(c2)C(C)N(C(CCC(=O)OC(C)(C)C)C(N)=O)C3=O)nc(N)c1C#N. The maximum absolute atomic E-state index is 13.2. The van der Waals surface area contributed by atoms with Crippen LogP contribution in [0.5, 0.6) is 0 Å². The van der Waals surface area contributed by atoms with Crippen molar-refractivity contribution >= 4 is 23.6 Å². The van der Waals surface area contributed by atoms with Gasteiger partial charge in [0.05, 0.1) is 17.3 Å². The number of aromatic nitrogens is 1. The van der Waals surface area contributed by atoms with Crippen molar-refractivity contribution in [1.82, 2.24) is 9.88 Å². The lowest BCUT2D eigenvalue weighted by Crippen LogP contribution is -2.46. The summed E-state index contributed by atoms with van der Waals surface area (Å²) in [4.78, 5) is 43.4. The summed E-state index contributed by atoms with van der Waals surface area (Å²) in [6.07, 6.45) is 0.0186. The first kappa shape index (κ1) is 24.7. The number of aryl methyl sites for hydroxylation is 1. The van der Waals surface area contributed by atoms with Crippen molar-refractivity contribution in [3.63, 3.8) is 0 Å². The topological polar surface area (TPSA) is 152 Å². The highest BCUT2D eigenvalue weighted by molar-refractivity contribution is 6.02. The number of rotatable bonds is 6. The van der Waals surface area contributed by atoms with E-state index in [1.54, 1.807) is 45.9 Å². The van der Waals surface area contributed by atoms with Gasteiger partial charge in [-0.15, -0.1) is 0 Å². The molecule has 1 aromatic carbocycles. The fraction of sp³-hybridized carbons (Fsp3) is 0.400. The van der Waals surface area contributed by atoms with Gasteiger partial charge in [0.15, 0.2) is 0 Å². The fourth-order valence-corrected chi connectivity index (χ4v) is 4.19. The summed E-state index contributed by atoms with van der Waals surface area (Å²) in [5.74, 6) is -1.34. The van der Waals surface area contributed by atoms with Crippen LogP contribution < -0.4 is 11.5 Å². The zero-order chi connectivity index (χ0) is 25.4. The summed E-state index contributed by atoms with van der Waals surface area (Å²) in [5.41, 5.74) is 14.4. The Labute approximate surface area is 198 Å². The van der Waals surface area contributed by atoms with E-state index < -0.39 is 29.6 Å². The molecule has 2 unspecified atom stereocenters. The summed E-state index contributed by atoms with van der Waals surface area (Å²) < 4.78 is 5.31. The maximum atomic E-state index is 13.2. The lowest BCUT2D eigenvalue weighted by atomic mass is 9.99. The highest BCUT2D eigenvalue weighted by Gasteiger charge is 2.41. The van der Waals surface area contributed by atoms with E-state index >= 15 is 0 Å². The molecule has 1 aliphatic heterocycles. The van der Waals surface area contributed by atoms with Gasteiger partial charge in [0.1, 0.15) is 23.5 Å². The number of anilines is 1. The first-order valence-electron chi connectivity index (χ1n) is 11.0. The molecule has 2 amide bonds. The number of nitrogens with zero attached hydrogens (tertiary/aromatic N) is 3. The molecule has 0 aliphatic carbocycles. The van der Waals surface area contributed by atoms with E-state index in [4.69, 9.17) is 16.2 Å². The average Bonchev–Trinajstić information content (AvgIpc) is 2.97. The predicted molar refractivity (Wildman–Crippen MR) is 126 cm³/mol. The van der Waals surface area contributed by atoms with Gasteiger partial charge in [0.2, 0.25) is 5.91 Å². The van der Waals surface area contributed by atoms with Crippen LogP contribution in [0.1, 0.15) is 73.6 Å². The second kappa shape index (κ2) is 9.14. The minimum absolute atomic E-state index is 0.0450. The fourth-order valence-electron chi connectivity index (χ4n) is 4.19. The molecule has 4 N–H and O–H groups in total. The molecule has 2 atom stereocenters. The molecule has 178 valence electrons. The van der Waals surface area contributed by atoms with Crippen molar-refractivity contribution < 1.29 is 19.1 Å². The molecule has 2 heterocycles. The van der Waals surface area contributed by atoms with Crippen LogP contribution in [0.25, 0.3) is 11.3 Å². The third-order valence-corrected chi connectivity index (χ3v) is 5.74. The van der Waals surface area contributed by atoms with Gasteiger partial charge in [-0.1, -0.05) is 6.07 Å².